The Morgan fingerprint density at radius 3 is 2.41 bits per heavy atom. The molecule has 6 rings (SSSR count). The van der Waals surface area contributed by atoms with Crippen LogP contribution in [0.4, 0.5) is 5.69 Å². The van der Waals surface area contributed by atoms with E-state index in [2.05, 4.69) is 95.9 Å². The third-order valence-electron chi connectivity index (χ3n) is 6.71. The Hall–Kier alpha value is -3.23. The third-order valence-corrected chi connectivity index (χ3v) is 7.03. The number of hydrogen-bond acceptors (Lipinski definition) is 2. The molecule has 0 saturated carbocycles. The zero-order valence-corrected chi connectivity index (χ0v) is 18.6. The van der Waals surface area contributed by atoms with Gasteiger partial charge in [-0.2, -0.15) is 0 Å². The average molecular weight is 438 g/mol. The molecule has 0 N–H and O–H groups in total. The predicted octanol–water partition coefficient (Wildman–Crippen LogP) is 7.44. The van der Waals surface area contributed by atoms with Crippen molar-refractivity contribution in [1.82, 2.24) is 0 Å². The molecule has 1 fully saturated rings. The van der Waals surface area contributed by atoms with Crippen molar-refractivity contribution >= 4 is 34.1 Å². The van der Waals surface area contributed by atoms with Crippen molar-refractivity contribution in [2.75, 3.05) is 18.0 Å². The van der Waals surface area contributed by atoms with E-state index < -0.39 is 5.60 Å². The zero-order valence-electron chi connectivity index (χ0n) is 17.8. The molecule has 0 spiro atoms. The molecule has 4 aromatic carbocycles. The molecule has 0 aromatic heterocycles. The van der Waals surface area contributed by atoms with Gasteiger partial charge in [-0.15, -0.1) is 0 Å². The minimum Gasteiger partial charge on any atom is -0.473 e. The monoisotopic (exact) mass is 437 g/mol. The number of rotatable bonds is 3. The summed E-state index contributed by atoms with van der Waals surface area (Å²) in [5.74, 6) is 0.870. The molecule has 2 aliphatic heterocycles. The Balaban J connectivity index is 1.51. The molecule has 32 heavy (non-hydrogen) atoms. The van der Waals surface area contributed by atoms with Crippen molar-refractivity contribution in [2.45, 2.75) is 18.4 Å². The second-order valence-corrected chi connectivity index (χ2v) is 9.00. The fourth-order valence-electron chi connectivity index (χ4n) is 5.06. The van der Waals surface area contributed by atoms with Crippen LogP contribution in [0, 0.1) is 0 Å². The Labute approximate surface area is 193 Å². The van der Waals surface area contributed by atoms with Crippen LogP contribution in [0.3, 0.4) is 0 Å². The maximum absolute atomic E-state index is 6.96. The largest absolute Gasteiger partial charge is 0.473 e. The predicted molar refractivity (Wildman–Crippen MR) is 134 cm³/mol. The van der Waals surface area contributed by atoms with Gasteiger partial charge in [-0.25, -0.2) is 0 Å². The number of hydrogen-bond donors (Lipinski definition) is 0. The number of nitrogens with zero attached hydrogens (tertiary/aromatic N) is 1. The lowest BCUT2D eigenvalue weighted by molar-refractivity contribution is 0.161. The van der Waals surface area contributed by atoms with Crippen LogP contribution in [0.25, 0.3) is 16.8 Å². The van der Waals surface area contributed by atoms with Crippen molar-refractivity contribution < 1.29 is 4.74 Å². The molecular formula is C29H24ClNO. The SMILES string of the molecule is Clc1cc(N2CCCC2)ccc1C1(c2ccccc2)C=Cc2c(ccc3ccccc23)O1. The molecule has 0 amide bonds. The summed E-state index contributed by atoms with van der Waals surface area (Å²) in [4.78, 5) is 2.41. The van der Waals surface area contributed by atoms with Crippen molar-refractivity contribution in [3.63, 3.8) is 0 Å². The Bertz CT molecular complexity index is 1320. The number of halogens is 1. The summed E-state index contributed by atoms with van der Waals surface area (Å²) >= 11 is 6.96. The van der Waals surface area contributed by atoms with E-state index >= 15 is 0 Å². The molecule has 1 unspecified atom stereocenters. The van der Waals surface area contributed by atoms with E-state index in [1.54, 1.807) is 0 Å². The summed E-state index contributed by atoms with van der Waals surface area (Å²) in [7, 11) is 0. The highest BCUT2D eigenvalue weighted by Crippen LogP contribution is 2.46. The molecule has 4 aromatic rings. The van der Waals surface area contributed by atoms with Crippen LogP contribution in [0.2, 0.25) is 5.02 Å². The molecule has 0 aliphatic carbocycles. The first-order chi connectivity index (χ1) is 15.7. The molecule has 1 saturated heterocycles. The number of ether oxygens (including phenoxy) is 1. The minimum absolute atomic E-state index is 0.729. The first-order valence-electron chi connectivity index (χ1n) is 11.3. The maximum Gasteiger partial charge on any atom is 0.179 e. The highest BCUT2D eigenvalue weighted by atomic mass is 35.5. The van der Waals surface area contributed by atoms with Gasteiger partial charge in [0.15, 0.2) is 5.60 Å². The Kier molecular flexibility index (Phi) is 4.69. The van der Waals surface area contributed by atoms with E-state index in [-0.39, 0.29) is 0 Å². The van der Waals surface area contributed by atoms with Gasteiger partial charge in [-0.1, -0.05) is 78.3 Å². The molecule has 0 radical (unpaired) electrons. The number of fused-ring (bicyclic) bond motifs is 3. The summed E-state index contributed by atoms with van der Waals surface area (Å²) in [5.41, 5.74) is 3.54. The van der Waals surface area contributed by atoms with Crippen LogP contribution in [0.5, 0.6) is 5.75 Å². The van der Waals surface area contributed by atoms with Crippen LogP contribution < -0.4 is 9.64 Å². The van der Waals surface area contributed by atoms with E-state index in [1.165, 1.54) is 29.3 Å². The van der Waals surface area contributed by atoms with Gasteiger partial charge in [0.2, 0.25) is 0 Å². The topological polar surface area (TPSA) is 12.5 Å². The first-order valence-corrected chi connectivity index (χ1v) is 11.6. The number of benzene rings is 4. The standard InChI is InChI=1S/C29H24ClNO/c30-27-20-23(31-18-6-7-19-31)13-14-26(27)29(22-9-2-1-3-10-22)17-16-25-24-11-5-4-8-21(24)12-15-28(25)32-29/h1-5,8-17,20H,6-7,18-19H2. The minimum atomic E-state index is -0.780. The molecule has 2 aliphatic rings. The van der Waals surface area contributed by atoms with Crippen LogP contribution in [0.1, 0.15) is 29.5 Å². The van der Waals surface area contributed by atoms with E-state index in [1.807, 2.05) is 6.07 Å². The van der Waals surface area contributed by atoms with Crippen molar-refractivity contribution in [2.24, 2.45) is 0 Å². The quantitative estimate of drug-likeness (QED) is 0.330. The van der Waals surface area contributed by atoms with Crippen molar-refractivity contribution in [3.05, 3.63) is 113 Å². The van der Waals surface area contributed by atoms with Gasteiger partial charge in [0.25, 0.3) is 0 Å². The van der Waals surface area contributed by atoms with Crippen LogP contribution >= 0.6 is 11.6 Å². The lowest BCUT2D eigenvalue weighted by Crippen LogP contribution is -2.34. The van der Waals surface area contributed by atoms with Crippen LogP contribution in [-0.4, -0.2) is 13.1 Å². The Morgan fingerprint density at radius 2 is 1.59 bits per heavy atom. The molecular weight excluding hydrogens is 414 g/mol. The molecule has 0 bridgehead atoms. The van der Waals surface area contributed by atoms with E-state index in [0.717, 1.165) is 40.6 Å². The normalized spacial score (nSPS) is 19.7. The molecule has 3 heteroatoms. The summed E-state index contributed by atoms with van der Waals surface area (Å²) < 4.78 is 6.86. The molecule has 158 valence electrons. The molecule has 2 heterocycles. The van der Waals surface area contributed by atoms with Gasteiger partial charge < -0.3 is 9.64 Å². The lowest BCUT2D eigenvalue weighted by Gasteiger charge is -2.37. The highest BCUT2D eigenvalue weighted by molar-refractivity contribution is 6.31. The maximum atomic E-state index is 6.96. The second kappa shape index (κ2) is 7.72. The van der Waals surface area contributed by atoms with Gasteiger partial charge in [0.05, 0.1) is 5.02 Å². The molecule has 1 atom stereocenters. The average Bonchev–Trinajstić information content (AvgIpc) is 3.39. The number of anilines is 1. The fraction of sp³-hybridized carbons (Fsp3) is 0.172. The molecule has 2 nitrogen and oxygen atoms in total. The van der Waals surface area contributed by atoms with Crippen molar-refractivity contribution in [3.8, 4) is 5.75 Å². The van der Waals surface area contributed by atoms with Crippen LogP contribution in [0.15, 0.2) is 91.0 Å². The van der Waals surface area contributed by atoms with Crippen molar-refractivity contribution in [1.29, 1.82) is 0 Å². The van der Waals surface area contributed by atoms with Gasteiger partial charge in [-0.3, -0.25) is 0 Å². The van der Waals surface area contributed by atoms with Gasteiger partial charge in [0.1, 0.15) is 5.75 Å². The smallest absolute Gasteiger partial charge is 0.179 e. The fourth-order valence-corrected chi connectivity index (χ4v) is 5.38. The van der Waals surface area contributed by atoms with Gasteiger partial charge in [-0.05, 0) is 54.0 Å². The summed E-state index contributed by atoms with van der Waals surface area (Å²) in [6.07, 6.45) is 6.83. The Morgan fingerprint density at radius 1 is 0.812 bits per heavy atom. The van der Waals surface area contributed by atoms with Gasteiger partial charge >= 0.3 is 0 Å². The highest BCUT2D eigenvalue weighted by Gasteiger charge is 2.39. The van der Waals surface area contributed by atoms with E-state index in [9.17, 15) is 0 Å². The van der Waals surface area contributed by atoms with E-state index in [4.69, 9.17) is 16.3 Å². The summed E-state index contributed by atoms with van der Waals surface area (Å²) in [6.45, 7) is 2.19. The lowest BCUT2D eigenvalue weighted by atomic mass is 9.83. The summed E-state index contributed by atoms with van der Waals surface area (Å²) in [5, 5.41) is 3.13. The van der Waals surface area contributed by atoms with E-state index in [0.29, 0.717) is 0 Å². The first kappa shape index (κ1) is 19.5. The van der Waals surface area contributed by atoms with Gasteiger partial charge in [0, 0.05) is 35.5 Å². The van der Waals surface area contributed by atoms with Crippen LogP contribution in [-0.2, 0) is 5.60 Å². The third kappa shape index (κ3) is 3.10. The second-order valence-electron chi connectivity index (χ2n) is 8.59. The summed E-state index contributed by atoms with van der Waals surface area (Å²) in [6, 6.07) is 29.4. The zero-order chi connectivity index (χ0) is 21.5.